The molecular formula is C11H17NO3S. The first kappa shape index (κ1) is 14.8. The Morgan fingerprint density at radius 2 is 2.00 bits per heavy atom. The molecule has 0 heterocycles. The summed E-state index contributed by atoms with van der Waals surface area (Å²) in [5.41, 5.74) is 0.331. The summed E-state index contributed by atoms with van der Waals surface area (Å²) < 4.78 is 0. The maximum absolute atomic E-state index is 11.5. The van der Waals surface area contributed by atoms with Crippen LogP contribution in [0.2, 0.25) is 0 Å². The lowest BCUT2D eigenvalue weighted by atomic mass is 10.1. The van der Waals surface area contributed by atoms with Crippen LogP contribution in [0, 0.1) is 0 Å². The molecule has 0 aliphatic carbocycles. The molecule has 0 aromatic heterocycles. The highest BCUT2D eigenvalue weighted by atomic mass is 32.2. The Morgan fingerprint density at radius 1 is 1.38 bits per heavy atom. The van der Waals surface area contributed by atoms with Gasteiger partial charge in [-0.1, -0.05) is 6.08 Å². The van der Waals surface area contributed by atoms with Crippen LogP contribution in [0.4, 0.5) is 0 Å². The Hall–Kier alpha value is -1.23. The Balaban J connectivity index is 4.02. The van der Waals surface area contributed by atoms with Crippen LogP contribution in [0.5, 0.6) is 0 Å². The van der Waals surface area contributed by atoms with Gasteiger partial charge in [0, 0.05) is 29.2 Å². The SMILES string of the molecule is C=CCSCCNC(=O)/C(C)=C(\C)C(=O)O. The van der Waals surface area contributed by atoms with Crippen LogP contribution in [0.3, 0.4) is 0 Å². The van der Waals surface area contributed by atoms with E-state index in [1.165, 1.54) is 13.8 Å². The predicted molar refractivity (Wildman–Crippen MR) is 66.5 cm³/mol. The Kier molecular flexibility index (Phi) is 7.37. The maximum Gasteiger partial charge on any atom is 0.331 e. The summed E-state index contributed by atoms with van der Waals surface area (Å²) >= 11 is 1.66. The molecule has 0 spiro atoms. The fraction of sp³-hybridized carbons (Fsp3) is 0.455. The number of carbonyl (C=O) groups is 2. The van der Waals surface area contributed by atoms with Crippen LogP contribution < -0.4 is 5.32 Å². The average molecular weight is 243 g/mol. The molecule has 0 radical (unpaired) electrons. The molecule has 0 aromatic rings. The average Bonchev–Trinajstić information content (AvgIpc) is 2.26. The Morgan fingerprint density at radius 3 is 2.50 bits per heavy atom. The first-order chi connectivity index (χ1) is 7.50. The highest BCUT2D eigenvalue weighted by Gasteiger charge is 2.11. The second-order valence-electron chi connectivity index (χ2n) is 3.17. The van der Waals surface area contributed by atoms with Gasteiger partial charge in [-0.2, -0.15) is 11.8 Å². The third kappa shape index (κ3) is 5.60. The van der Waals surface area contributed by atoms with Crippen LogP contribution in [0.25, 0.3) is 0 Å². The smallest absolute Gasteiger partial charge is 0.331 e. The summed E-state index contributed by atoms with van der Waals surface area (Å²) in [5, 5.41) is 11.4. The van der Waals surface area contributed by atoms with Gasteiger partial charge in [0.05, 0.1) is 0 Å². The molecule has 0 saturated carbocycles. The lowest BCUT2D eigenvalue weighted by molar-refractivity contribution is -0.133. The molecule has 0 bridgehead atoms. The van der Waals surface area contributed by atoms with Crippen molar-refractivity contribution in [2.45, 2.75) is 13.8 Å². The maximum atomic E-state index is 11.5. The number of carboxylic acid groups (broad SMARTS) is 1. The summed E-state index contributed by atoms with van der Waals surface area (Å²) in [5.74, 6) is 0.253. The van der Waals surface area contributed by atoms with E-state index in [1.807, 2.05) is 0 Å². The molecule has 0 aliphatic heterocycles. The molecule has 2 N–H and O–H groups in total. The quantitative estimate of drug-likeness (QED) is 0.403. The largest absolute Gasteiger partial charge is 0.478 e. The minimum absolute atomic E-state index is 0.0799. The van der Waals surface area contributed by atoms with Gasteiger partial charge in [0.2, 0.25) is 5.91 Å². The molecule has 5 heteroatoms. The lowest BCUT2D eigenvalue weighted by Crippen LogP contribution is -2.27. The molecule has 0 atom stereocenters. The summed E-state index contributed by atoms with van der Waals surface area (Å²) in [6.45, 7) is 7.04. The van der Waals surface area contributed by atoms with Gasteiger partial charge >= 0.3 is 5.97 Å². The van der Waals surface area contributed by atoms with E-state index in [9.17, 15) is 9.59 Å². The van der Waals surface area contributed by atoms with E-state index in [4.69, 9.17) is 5.11 Å². The third-order valence-electron chi connectivity index (χ3n) is 1.99. The minimum Gasteiger partial charge on any atom is -0.478 e. The first-order valence-electron chi connectivity index (χ1n) is 4.88. The van der Waals surface area contributed by atoms with E-state index in [1.54, 1.807) is 17.8 Å². The minimum atomic E-state index is -1.06. The van der Waals surface area contributed by atoms with E-state index in [0.717, 1.165) is 11.5 Å². The monoisotopic (exact) mass is 243 g/mol. The molecule has 0 rings (SSSR count). The molecule has 0 saturated heterocycles. The summed E-state index contributed by atoms with van der Waals surface area (Å²) in [6.07, 6.45) is 1.80. The summed E-state index contributed by atoms with van der Waals surface area (Å²) in [4.78, 5) is 22.1. The zero-order valence-corrected chi connectivity index (χ0v) is 10.4. The highest BCUT2D eigenvalue weighted by molar-refractivity contribution is 7.99. The second kappa shape index (κ2) is 7.98. The third-order valence-corrected chi connectivity index (χ3v) is 2.96. The molecule has 0 fully saturated rings. The normalized spacial score (nSPS) is 11.6. The van der Waals surface area contributed by atoms with E-state index in [0.29, 0.717) is 6.54 Å². The van der Waals surface area contributed by atoms with Crippen LogP contribution in [0.1, 0.15) is 13.8 Å². The first-order valence-corrected chi connectivity index (χ1v) is 6.03. The van der Waals surface area contributed by atoms with Gasteiger partial charge in [-0.05, 0) is 13.8 Å². The summed E-state index contributed by atoms with van der Waals surface area (Å²) in [6, 6.07) is 0. The van der Waals surface area contributed by atoms with Crippen LogP contribution >= 0.6 is 11.8 Å². The number of carbonyl (C=O) groups excluding carboxylic acids is 1. The lowest BCUT2D eigenvalue weighted by Gasteiger charge is -2.06. The van der Waals surface area contributed by atoms with Crippen LogP contribution in [-0.4, -0.2) is 35.0 Å². The molecule has 1 amide bonds. The number of amides is 1. The zero-order chi connectivity index (χ0) is 12.6. The molecule has 0 unspecified atom stereocenters. The Labute approximate surface area is 99.8 Å². The number of hydrogen-bond donors (Lipinski definition) is 2. The summed E-state index contributed by atoms with van der Waals surface area (Å²) in [7, 11) is 0. The van der Waals surface area contributed by atoms with Crippen molar-refractivity contribution in [2.75, 3.05) is 18.1 Å². The molecule has 0 aliphatic rings. The van der Waals surface area contributed by atoms with Gasteiger partial charge in [0.15, 0.2) is 0 Å². The van der Waals surface area contributed by atoms with Crippen LogP contribution in [-0.2, 0) is 9.59 Å². The molecule has 16 heavy (non-hydrogen) atoms. The van der Waals surface area contributed by atoms with Gasteiger partial charge in [0.25, 0.3) is 0 Å². The molecule has 4 nitrogen and oxygen atoms in total. The molecular weight excluding hydrogens is 226 g/mol. The fourth-order valence-electron chi connectivity index (χ4n) is 0.867. The van der Waals surface area contributed by atoms with E-state index in [2.05, 4.69) is 11.9 Å². The molecule has 0 aromatic carbocycles. The van der Waals surface area contributed by atoms with Gasteiger partial charge in [0.1, 0.15) is 0 Å². The van der Waals surface area contributed by atoms with Crippen molar-refractivity contribution < 1.29 is 14.7 Å². The number of carboxylic acids is 1. The number of thioether (sulfide) groups is 1. The van der Waals surface area contributed by atoms with E-state index < -0.39 is 5.97 Å². The van der Waals surface area contributed by atoms with Gasteiger partial charge < -0.3 is 10.4 Å². The van der Waals surface area contributed by atoms with Gasteiger partial charge in [-0.15, -0.1) is 6.58 Å². The van der Waals surface area contributed by atoms with Crippen molar-refractivity contribution in [2.24, 2.45) is 0 Å². The zero-order valence-electron chi connectivity index (χ0n) is 9.58. The van der Waals surface area contributed by atoms with Gasteiger partial charge in [-0.25, -0.2) is 4.79 Å². The van der Waals surface area contributed by atoms with E-state index in [-0.39, 0.29) is 17.1 Å². The fourth-order valence-corrected chi connectivity index (χ4v) is 1.45. The van der Waals surface area contributed by atoms with Crippen molar-refractivity contribution >= 4 is 23.6 Å². The highest BCUT2D eigenvalue weighted by Crippen LogP contribution is 2.03. The van der Waals surface area contributed by atoms with Crippen LogP contribution in [0.15, 0.2) is 23.8 Å². The number of rotatable bonds is 7. The van der Waals surface area contributed by atoms with E-state index >= 15 is 0 Å². The van der Waals surface area contributed by atoms with Crippen molar-refractivity contribution in [1.29, 1.82) is 0 Å². The van der Waals surface area contributed by atoms with Gasteiger partial charge in [-0.3, -0.25) is 4.79 Å². The number of aliphatic carboxylic acids is 1. The van der Waals surface area contributed by atoms with Crippen molar-refractivity contribution in [3.8, 4) is 0 Å². The Bertz CT molecular complexity index is 310. The number of nitrogens with one attached hydrogen (secondary N) is 1. The topological polar surface area (TPSA) is 66.4 Å². The molecule has 90 valence electrons. The second-order valence-corrected chi connectivity index (χ2v) is 4.32. The predicted octanol–water partition coefficient (Wildman–Crippen LogP) is 1.44. The standard InChI is InChI=1S/C11H17NO3S/c1-4-6-16-7-5-12-10(13)8(2)9(3)11(14)15/h4H,1,5-7H2,2-3H3,(H,12,13)(H,14,15)/b9-8+. The van der Waals surface area contributed by atoms with Crippen molar-refractivity contribution in [3.05, 3.63) is 23.8 Å². The number of hydrogen-bond acceptors (Lipinski definition) is 3. The van der Waals surface area contributed by atoms with Crippen molar-refractivity contribution in [3.63, 3.8) is 0 Å². The van der Waals surface area contributed by atoms with Crippen molar-refractivity contribution in [1.82, 2.24) is 5.32 Å².